The van der Waals surface area contributed by atoms with E-state index >= 15 is 0 Å². The molecule has 1 aliphatic rings. The molecule has 0 aromatic heterocycles. The topological polar surface area (TPSA) is 84.0 Å². The van der Waals surface area contributed by atoms with Crippen LogP contribution >= 0.6 is 24.0 Å². The van der Waals surface area contributed by atoms with Crippen molar-refractivity contribution in [3.63, 3.8) is 0 Å². The van der Waals surface area contributed by atoms with Crippen LogP contribution in [0, 0.1) is 12.8 Å². The molecule has 1 amide bonds. The molecule has 1 atom stereocenters. The first-order valence-electron chi connectivity index (χ1n) is 9.63. The number of carbonyl (C=O) groups excluding carboxylic acids is 1. The molecule has 7 nitrogen and oxygen atoms in total. The highest BCUT2D eigenvalue weighted by Gasteiger charge is 2.17. The maximum absolute atomic E-state index is 11.7. The second-order valence-electron chi connectivity index (χ2n) is 6.78. The van der Waals surface area contributed by atoms with Crippen LogP contribution in [0.25, 0.3) is 0 Å². The van der Waals surface area contributed by atoms with E-state index in [1.54, 1.807) is 7.05 Å². The Balaban J connectivity index is 0.00000392. The molecule has 1 saturated heterocycles. The van der Waals surface area contributed by atoms with Crippen LogP contribution in [0.4, 0.5) is 0 Å². The summed E-state index contributed by atoms with van der Waals surface area (Å²) in [5, 5.41) is 9.09. The number of amides is 1. The highest BCUT2D eigenvalue weighted by atomic mass is 127. The van der Waals surface area contributed by atoms with Gasteiger partial charge in [0.25, 0.3) is 0 Å². The molecule has 158 valence electrons. The molecule has 8 heteroatoms. The molecule has 28 heavy (non-hydrogen) atoms. The Hall–Kier alpha value is -1.55. The molecule has 0 saturated carbocycles. The second-order valence-corrected chi connectivity index (χ2v) is 6.78. The zero-order valence-corrected chi connectivity index (χ0v) is 19.4. The highest BCUT2D eigenvalue weighted by molar-refractivity contribution is 14.0. The van der Waals surface area contributed by atoms with E-state index < -0.39 is 0 Å². The van der Waals surface area contributed by atoms with Gasteiger partial charge in [-0.05, 0) is 31.4 Å². The Morgan fingerprint density at radius 2 is 2.14 bits per heavy atom. The lowest BCUT2D eigenvalue weighted by molar-refractivity contribution is -0.120. The van der Waals surface area contributed by atoms with Gasteiger partial charge in [-0.2, -0.15) is 0 Å². The van der Waals surface area contributed by atoms with Gasteiger partial charge in [0.1, 0.15) is 5.75 Å². The third-order valence-electron chi connectivity index (χ3n) is 4.38. The fourth-order valence-corrected chi connectivity index (χ4v) is 2.76. The second kappa shape index (κ2) is 13.6. The number of carbonyl (C=O) groups is 1. The Kier molecular flexibility index (Phi) is 11.9. The summed E-state index contributed by atoms with van der Waals surface area (Å²) < 4.78 is 11.5. The number of ether oxygens (including phenoxy) is 2. The number of hydrogen-bond acceptors (Lipinski definition) is 4. The number of aryl methyl sites for hydroxylation is 1. The lowest BCUT2D eigenvalue weighted by Crippen LogP contribution is -2.43. The molecule has 2 rings (SSSR count). The summed E-state index contributed by atoms with van der Waals surface area (Å²) in [5.74, 6) is 1.88. The molecule has 0 spiro atoms. The predicted octanol–water partition coefficient (Wildman–Crippen LogP) is 2.22. The molecule has 1 heterocycles. The van der Waals surface area contributed by atoms with Crippen molar-refractivity contribution in [3.8, 4) is 5.75 Å². The number of halogens is 1. The van der Waals surface area contributed by atoms with Crippen molar-refractivity contribution >= 4 is 35.8 Å². The van der Waals surface area contributed by atoms with Crippen LogP contribution < -0.4 is 20.7 Å². The summed E-state index contributed by atoms with van der Waals surface area (Å²) >= 11 is 0. The summed E-state index contributed by atoms with van der Waals surface area (Å²) in [6.07, 6.45) is 1.97. The average molecular weight is 504 g/mol. The fourth-order valence-electron chi connectivity index (χ4n) is 2.76. The summed E-state index contributed by atoms with van der Waals surface area (Å²) in [7, 11) is 1.69. The number of rotatable bonds is 9. The molecule has 0 aliphatic carbocycles. The summed E-state index contributed by atoms with van der Waals surface area (Å²) in [4.78, 5) is 15.9. The van der Waals surface area contributed by atoms with Crippen LogP contribution in [0.2, 0.25) is 0 Å². The zero-order chi connectivity index (χ0) is 19.5. The maximum Gasteiger partial charge on any atom is 0.239 e. The Bertz CT molecular complexity index is 634. The van der Waals surface area contributed by atoms with Gasteiger partial charge in [-0.25, -0.2) is 0 Å². The molecular weight excluding hydrogens is 471 g/mol. The van der Waals surface area contributed by atoms with Gasteiger partial charge < -0.3 is 25.4 Å². The average Bonchev–Trinajstić information content (AvgIpc) is 3.19. The number of nitrogens with one attached hydrogen (secondary N) is 3. The summed E-state index contributed by atoms with van der Waals surface area (Å²) in [5.41, 5.74) is 2.21. The van der Waals surface area contributed by atoms with E-state index in [1.807, 2.05) is 6.92 Å². The normalized spacial score (nSPS) is 16.2. The molecular formula is C20H33IN4O3. The van der Waals surface area contributed by atoms with E-state index in [1.165, 1.54) is 0 Å². The van der Waals surface area contributed by atoms with Crippen LogP contribution in [0.5, 0.6) is 5.75 Å². The van der Waals surface area contributed by atoms with Gasteiger partial charge in [0.2, 0.25) is 5.91 Å². The minimum Gasteiger partial charge on any atom is -0.493 e. The summed E-state index contributed by atoms with van der Waals surface area (Å²) in [6.45, 7) is 7.78. The van der Waals surface area contributed by atoms with Gasteiger partial charge in [0.05, 0.1) is 19.8 Å². The monoisotopic (exact) mass is 504 g/mol. The first-order valence-corrected chi connectivity index (χ1v) is 9.63. The van der Waals surface area contributed by atoms with Crippen molar-refractivity contribution < 1.29 is 14.3 Å². The Morgan fingerprint density at radius 1 is 1.32 bits per heavy atom. The molecule has 1 unspecified atom stereocenters. The summed E-state index contributed by atoms with van der Waals surface area (Å²) in [6, 6.07) is 6.18. The Morgan fingerprint density at radius 3 is 2.82 bits per heavy atom. The van der Waals surface area contributed by atoms with Gasteiger partial charge in [-0.3, -0.25) is 9.79 Å². The maximum atomic E-state index is 11.7. The fraction of sp³-hybridized carbons (Fsp3) is 0.600. The van der Waals surface area contributed by atoms with Crippen molar-refractivity contribution in [2.75, 3.05) is 40.0 Å². The van der Waals surface area contributed by atoms with Crippen molar-refractivity contribution in [2.24, 2.45) is 10.9 Å². The third-order valence-corrected chi connectivity index (χ3v) is 4.38. The van der Waals surface area contributed by atoms with Gasteiger partial charge in [0, 0.05) is 38.2 Å². The molecule has 1 fully saturated rings. The largest absolute Gasteiger partial charge is 0.493 e. The SMILES string of the molecule is CCCNC(=O)CNC(=NC)NCc1ccc(C)cc1OCC1CCOC1.I. The van der Waals surface area contributed by atoms with E-state index in [-0.39, 0.29) is 36.4 Å². The molecule has 0 radical (unpaired) electrons. The van der Waals surface area contributed by atoms with Gasteiger partial charge in [0.15, 0.2) is 5.96 Å². The zero-order valence-electron chi connectivity index (χ0n) is 17.0. The molecule has 1 aromatic rings. The first-order chi connectivity index (χ1) is 13.1. The van der Waals surface area contributed by atoms with Crippen LogP contribution in [0.15, 0.2) is 23.2 Å². The number of benzene rings is 1. The van der Waals surface area contributed by atoms with E-state index in [9.17, 15) is 4.79 Å². The number of aliphatic imine (C=N–C) groups is 1. The predicted molar refractivity (Wildman–Crippen MR) is 123 cm³/mol. The molecule has 0 bridgehead atoms. The standard InChI is InChI=1S/C20H32N4O3.HI/c1-4-8-22-19(25)12-24-20(21-3)23-11-17-6-5-15(2)10-18(17)27-14-16-7-9-26-13-16;/h5-6,10,16H,4,7-9,11-14H2,1-3H3,(H,22,25)(H2,21,23,24);1H. The van der Waals surface area contributed by atoms with Crippen LogP contribution in [0.1, 0.15) is 30.9 Å². The molecule has 3 N–H and O–H groups in total. The molecule has 1 aromatic carbocycles. The van der Waals surface area contributed by atoms with E-state index in [4.69, 9.17) is 9.47 Å². The Labute approximate surface area is 185 Å². The first kappa shape index (κ1) is 24.5. The molecule has 1 aliphatic heterocycles. The lowest BCUT2D eigenvalue weighted by Gasteiger charge is -2.17. The van der Waals surface area contributed by atoms with Gasteiger partial charge in [-0.1, -0.05) is 19.1 Å². The van der Waals surface area contributed by atoms with E-state index in [0.717, 1.165) is 42.9 Å². The highest BCUT2D eigenvalue weighted by Crippen LogP contribution is 2.22. The van der Waals surface area contributed by atoms with E-state index in [2.05, 4.69) is 46.1 Å². The van der Waals surface area contributed by atoms with Gasteiger partial charge >= 0.3 is 0 Å². The smallest absolute Gasteiger partial charge is 0.239 e. The third kappa shape index (κ3) is 8.64. The number of hydrogen-bond donors (Lipinski definition) is 3. The van der Waals surface area contributed by atoms with Crippen molar-refractivity contribution in [1.29, 1.82) is 0 Å². The van der Waals surface area contributed by atoms with Crippen molar-refractivity contribution in [3.05, 3.63) is 29.3 Å². The van der Waals surface area contributed by atoms with E-state index in [0.29, 0.717) is 31.6 Å². The van der Waals surface area contributed by atoms with Crippen molar-refractivity contribution in [2.45, 2.75) is 33.2 Å². The lowest BCUT2D eigenvalue weighted by atomic mass is 10.1. The van der Waals surface area contributed by atoms with Crippen LogP contribution in [-0.4, -0.2) is 51.8 Å². The quantitative estimate of drug-likeness (QED) is 0.273. The van der Waals surface area contributed by atoms with Crippen molar-refractivity contribution in [1.82, 2.24) is 16.0 Å². The van der Waals surface area contributed by atoms with Crippen LogP contribution in [0.3, 0.4) is 0 Å². The van der Waals surface area contributed by atoms with Gasteiger partial charge in [-0.15, -0.1) is 24.0 Å². The minimum absolute atomic E-state index is 0. The minimum atomic E-state index is -0.0436. The number of guanidine groups is 1. The van der Waals surface area contributed by atoms with Crippen LogP contribution in [-0.2, 0) is 16.1 Å². The number of nitrogens with zero attached hydrogens (tertiary/aromatic N) is 1.